The van der Waals surface area contributed by atoms with Gasteiger partial charge in [-0.1, -0.05) is 11.6 Å². The Morgan fingerprint density at radius 3 is 2.59 bits per heavy atom. The number of anilines is 1. The first-order chi connectivity index (χ1) is 13.9. The summed E-state index contributed by atoms with van der Waals surface area (Å²) in [6, 6.07) is 16.0. The number of amides is 1. The van der Waals surface area contributed by atoms with Gasteiger partial charge in [-0.3, -0.25) is 14.9 Å². The predicted octanol–water partition coefficient (Wildman–Crippen LogP) is 5.66. The van der Waals surface area contributed by atoms with E-state index in [0.29, 0.717) is 11.3 Å². The number of nitrogens with one attached hydrogen (secondary N) is 1. The van der Waals surface area contributed by atoms with Gasteiger partial charge >= 0.3 is 0 Å². The lowest BCUT2D eigenvalue weighted by Gasteiger charge is -2.04. The lowest BCUT2D eigenvalue weighted by molar-refractivity contribution is -0.384. The van der Waals surface area contributed by atoms with Crippen LogP contribution in [0.2, 0.25) is 5.02 Å². The Labute approximate surface area is 183 Å². The lowest BCUT2D eigenvalue weighted by atomic mass is 10.1. The first-order valence-corrected chi connectivity index (χ1v) is 9.56. The monoisotopic (exact) mass is 519 g/mol. The van der Waals surface area contributed by atoms with Gasteiger partial charge in [0.25, 0.3) is 11.6 Å². The minimum absolute atomic E-state index is 0.132. The molecular weight excluding hydrogens is 509 g/mol. The largest absolute Gasteiger partial charge is 0.457 e. The highest BCUT2D eigenvalue weighted by molar-refractivity contribution is 14.1. The summed E-state index contributed by atoms with van der Waals surface area (Å²) >= 11 is 8.26. The second-order valence-electron chi connectivity index (χ2n) is 5.75. The van der Waals surface area contributed by atoms with E-state index in [1.165, 1.54) is 24.3 Å². The van der Waals surface area contributed by atoms with Crippen molar-refractivity contribution in [2.75, 3.05) is 5.32 Å². The number of nitriles is 1. The van der Waals surface area contributed by atoms with Crippen LogP contribution in [0.3, 0.4) is 0 Å². The van der Waals surface area contributed by atoms with Crippen LogP contribution in [0.4, 0.5) is 11.4 Å². The van der Waals surface area contributed by atoms with Crippen LogP contribution in [0.25, 0.3) is 17.4 Å². The first kappa shape index (κ1) is 20.6. The van der Waals surface area contributed by atoms with Crippen molar-refractivity contribution in [3.63, 3.8) is 0 Å². The average molecular weight is 520 g/mol. The van der Waals surface area contributed by atoms with E-state index in [4.69, 9.17) is 16.0 Å². The van der Waals surface area contributed by atoms with Gasteiger partial charge in [-0.05, 0) is 65.1 Å². The average Bonchev–Trinajstić information content (AvgIpc) is 3.16. The summed E-state index contributed by atoms with van der Waals surface area (Å²) in [6.07, 6.45) is 1.29. The van der Waals surface area contributed by atoms with E-state index in [9.17, 15) is 20.2 Å². The SMILES string of the molecule is N#C/C(=C\c1ccc(-c2cc([N+](=O)[O-])ccc2Cl)o1)C(=O)Nc1ccc(I)cc1. The normalized spacial score (nSPS) is 11.0. The van der Waals surface area contributed by atoms with Crippen LogP contribution in [0.1, 0.15) is 5.76 Å². The summed E-state index contributed by atoms with van der Waals surface area (Å²) in [6.45, 7) is 0. The quantitative estimate of drug-likeness (QED) is 0.154. The van der Waals surface area contributed by atoms with Gasteiger partial charge in [-0.2, -0.15) is 5.26 Å². The smallest absolute Gasteiger partial charge is 0.270 e. The molecule has 1 N–H and O–H groups in total. The van der Waals surface area contributed by atoms with Crippen LogP contribution >= 0.6 is 34.2 Å². The number of rotatable bonds is 5. The Balaban J connectivity index is 1.85. The van der Waals surface area contributed by atoms with Gasteiger partial charge in [0.05, 0.1) is 9.95 Å². The third-order valence-electron chi connectivity index (χ3n) is 3.81. The molecule has 0 saturated carbocycles. The van der Waals surface area contributed by atoms with Crippen molar-refractivity contribution in [2.45, 2.75) is 0 Å². The third kappa shape index (κ3) is 5.01. The van der Waals surface area contributed by atoms with Gasteiger partial charge in [0.1, 0.15) is 23.2 Å². The Kier molecular flexibility index (Phi) is 6.31. The van der Waals surface area contributed by atoms with Crippen LogP contribution in [0, 0.1) is 25.0 Å². The minimum atomic E-state index is -0.583. The van der Waals surface area contributed by atoms with E-state index in [1.54, 1.807) is 24.3 Å². The van der Waals surface area contributed by atoms with E-state index in [1.807, 2.05) is 18.2 Å². The second kappa shape index (κ2) is 8.89. The molecule has 7 nitrogen and oxygen atoms in total. The molecule has 0 saturated heterocycles. The molecule has 0 radical (unpaired) electrons. The molecule has 29 heavy (non-hydrogen) atoms. The predicted molar refractivity (Wildman–Crippen MR) is 117 cm³/mol. The molecule has 3 rings (SSSR count). The topological polar surface area (TPSA) is 109 Å². The number of carbonyl (C=O) groups is 1. The highest BCUT2D eigenvalue weighted by atomic mass is 127. The fourth-order valence-corrected chi connectivity index (χ4v) is 2.98. The fraction of sp³-hybridized carbons (Fsp3) is 0. The van der Waals surface area contributed by atoms with E-state index in [2.05, 4.69) is 27.9 Å². The van der Waals surface area contributed by atoms with Crippen molar-refractivity contribution in [2.24, 2.45) is 0 Å². The van der Waals surface area contributed by atoms with Gasteiger partial charge in [0.15, 0.2) is 0 Å². The highest BCUT2D eigenvalue weighted by Crippen LogP contribution is 2.33. The molecule has 0 spiro atoms. The maximum absolute atomic E-state index is 12.3. The summed E-state index contributed by atoms with van der Waals surface area (Å²) < 4.78 is 6.63. The molecule has 1 amide bonds. The zero-order valence-corrected chi connectivity index (χ0v) is 17.5. The van der Waals surface area contributed by atoms with E-state index in [0.717, 1.165) is 3.57 Å². The molecule has 0 aliphatic carbocycles. The van der Waals surface area contributed by atoms with Crippen molar-refractivity contribution < 1.29 is 14.1 Å². The van der Waals surface area contributed by atoms with Gasteiger partial charge in [0, 0.05) is 33.0 Å². The van der Waals surface area contributed by atoms with Crippen molar-refractivity contribution in [1.29, 1.82) is 5.26 Å². The van der Waals surface area contributed by atoms with E-state index < -0.39 is 10.8 Å². The van der Waals surface area contributed by atoms with Crippen molar-refractivity contribution >= 4 is 57.5 Å². The number of nitro benzene ring substituents is 1. The molecule has 0 atom stereocenters. The number of halogens is 2. The first-order valence-electron chi connectivity index (χ1n) is 8.10. The lowest BCUT2D eigenvalue weighted by Crippen LogP contribution is -2.13. The van der Waals surface area contributed by atoms with Crippen LogP contribution in [-0.4, -0.2) is 10.8 Å². The molecule has 0 bridgehead atoms. The van der Waals surface area contributed by atoms with Gasteiger partial charge < -0.3 is 9.73 Å². The summed E-state index contributed by atoms with van der Waals surface area (Å²) in [5, 5.41) is 23.2. The van der Waals surface area contributed by atoms with Crippen LogP contribution in [-0.2, 0) is 4.79 Å². The number of carbonyl (C=O) groups excluding carboxylic acids is 1. The summed E-state index contributed by atoms with van der Waals surface area (Å²) in [5.74, 6) is -0.0720. The number of hydrogen-bond donors (Lipinski definition) is 1. The van der Waals surface area contributed by atoms with Crippen LogP contribution in [0.5, 0.6) is 0 Å². The number of nitro groups is 1. The zero-order chi connectivity index (χ0) is 21.0. The molecule has 2 aromatic carbocycles. The van der Waals surface area contributed by atoms with E-state index in [-0.39, 0.29) is 27.8 Å². The number of hydrogen-bond acceptors (Lipinski definition) is 5. The zero-order valence-electron chi connectivity index (χ0n) is 14.6. The molecule has 1 heterocycles. The third-order valence-corrected chi connectivity index (χ3v) is 4.86. The van der Waals surface area contributed by atoms with Crippen molar-refractivity contribution in [3.8, 4) is 17.4 Å². The van der Waals surface area contributed by atoms with Gasteiger partial charge in [0.2, 0.25) is 0 Å². The molecule has 0 unspecified atom stereocenters. The maximum Gasteiger partial charge on any atom is 0.270 e. The molecule has 0 aliphatic heterocycles. The molecule has 144 valence electrons. The standard InChI is InChI=1S/C20H11ClIN3O4/c21-18-7-5-15(25(27)28)10-17(18)19-8-6-16(29-19)9-12(11-23)20(26)24-14-3-1-13(22)2-4-14/h1-10H,(H,24,26)/b12-9+. The van der Waals surface area contributed by atoms with Gasteiger partial charge in [-0.15, -0.1) is 0 Å². The Bertz CT molecular complexity index is 1160. The molecule has 0 aliphatic rings. The highest BCUT2D eigenvalue weighted by Gasteiger charge is 2.15. The van der Waals surface area contributed by atoms with Crippen LogP contribution in [0.15, 0.2) is 64.6 Å². The Morgan fingerprint density at radius 1 is 1.21 bits per heavy atom. The number of benzene rings is 2. The molecule has 0 fully saturated rings. The summed E-state index contributed by atoms with van der Waals surface area (Å²) in [4.78, 5) is 22.8. The minimum Gasteiger partial charge on any atom is -0.457 e. The number of non-ortho nitro benzene ring substituents is 1. The Morgan fingerprint density at radius 2 is 1.93 bits per heavy atom. The summed E-state index contributed by atoms with van der Waals surface area (Å²) in [5.41, 5.74) is 0.601. The molecule has 1 aromatic heterocycles. The van der Waals surface area contributed by atoms with Crippen molar-refractivity contribution in [1.82, 2.24) is 0 Å². The van der Waals surface area contributed by atoms with Crippen LogP contribution < -0.4 is 5.32 Å². The van der Waals surface area contributed by atoms with Gasteiger partial charge in [-0.25, -0.2) is 0 Å². The maximum atomic E-state index is 12.3. The van der Waals surface area contributed by atoms with Crippen molar-refractivity contribution in [3.05, 3.63) is 84.6 Å². The molecule has 3 aromatic rings. The molecule has 9 heteroatoms. The number of nitrogens with zero attached hydrogens (tertiary/aromatic N) is 2. The fourth-order valence-electron chi connectivity index (χ4n) is 2.41. The summed E-state index contributed by atoms with van der Waals surface area (Å²) in [7, 11) is 0. The Hall–Kier alpha value is -3.16. The second-order valence-corrected chi connectivity index (χ2v) is 7.41. The number of furan rings is 1. The van der Waals surface area contributed by atoms with E-state index >= 15 is 0 Å². The molecular formula is C20H11ClIN3O4.